The normalized spacial score (nSPS) is 10.5. The lowest BCUT2D eigenvalue weighted by molar-refractivity contribution is 0.0951. The van der Waals surface area contributed by atoms with E-state index in [9.17, 15) is 9.90 Å². The molecule has 0 aliphatic carbocycles. The quantitative estimate of drug-likeness (QED) is 0.772. The lowest BCUT2D eigenvalue weighted by Gasteiger charge is -2.08. The Bertz CT molecular complexity index is 797. The topological polar surface area (TPSA) is 49.3 Å². The molecule has 3 aromatic rings. The fraction of sp³-hybridized carbons (Fsp3) is 0.105. The summed E-state index contributed by atoms with van der Waals surface area (Å²) >= 11 is 0. The van der Waals surface area contributed by atoms with Gasteiger partial charge in [0.05, 0.1) is 5.56 Å². The lowest BCUT2D eigenvalue weighted by Crippen LogP contribution is -2.25. The number of fused-ring (bicyclic) bond motifs is 1. The zero-order valence-electron chi connectivity index (χ0n) is 12.1. The Balaban J connectivity index is 1.71. The molecule has 0 saturated carbocycles. The molecular weight excluding hydrogens is 274 g/mol. The van der Waals surface area contributed by atoms with Crippen molar-refractivity contribution in [3.05, 3.63) is 77.9 Å². The molecule has 3 aromatic carbocycles. The maximum Gasteiger partial charge on any atom is 0.255 e. The Morgan fingerprint density at radius 3 is 2.27 bits per heavy atom. The van der Waals surface area contributed by atoms with Crippen LogP contribution in [-0.4, -0.2) is 17.6 Å². The van der Waals surface area contributed by atoms with E-state index >= 15 is 0 Å². The molecule has 0 aliphatic rings. The summed E-state index contributed by atoms with van der Waals surface area (Å²) in [6, 6.07) is 21.0. The van der Waals surface area contributed by atoms with Crippen LogP contribution in [0.3, 0.4) is 0 Å². The zero-order chi connectivity index (χ0) is 15.4. The molecule has 0 saturated heterocycles. The lowest BCUT2D eigenvalue weighted by atomic mass is 10.1. The van der Waals surface area contributed by atoms with Crippen LogP contribution in [0.5, 0.6) is 5.75 Å². The van der Waals surface area contributed by atoms with Gasteiger partial charge < -0.3 is 10.4 Å². The highest BCUT2D eigenvalue weighted by Crippen LogP contribution is 2.24. The van der Waals surface area contributed by atoms with Gasteiger partial charge in [0, 0.05) is 6.54 Å². The zero-order valence-corrected chi connectivity index (χ0v) is 12.1. The Morgan fingerprint density at radius 1 is 0.909 bits per heavy atom. The molecule has 3 heteroatoms. The predicted octanol–water partition coefficient (Wildman–Crippen LogP) is 3.52. The van der Waals surface area contributed by atoms with Crippen LogP contribution in [0.2, 0.25) is 0 Å². The van der Waals surface area contributed by atoms with Crippen molar-refractivity contribution in [2.24, 2.45) is 0 Å². The Morgan fingerprint density at radius 2 is 1.55 bits per heavy atom. The maximum absolute atomic E-state index is 12.2. The first-order chi connectivity index (χ1) is 10.7. The summed E-state index contributed by atoms with van der Waals surface area (Å²) in [7, 11) is 0. The van der Waals surface area contributed by atoms with Crippen molar-refractivity contribution < 1.29 is 9.90 Å². The highest BCUT2D eigenvalue weighted by molar-refractivity contribution is 6.01. The minimum absolute atomic E-state index is 0.0101. The van der Waals surface area contributed by atoms with E-state index in [1.165, 1.54) is 5.56 Å². The molecule has 0 bridgehead atoms. The van der Waals surface area contributed by atoms with E-state index in [1.807, 2.05) is 54.6 Å². The molecule has 0 spiro atoms. The van der Waals surface area contributed by atoms with Gasteiger partial charge >= 0.3 is 0 Å². The summed E-state index contributed by atoms with van der Waals surface area (Å²) in [5.74, 6) is -0.241. The standard InChI is InChI=1S/C19H17NO2/c21-18-13-16-9-5-4-8-15(16)12-17(18)19(22)20-11-10-14-6-2-1-3-7-14/h1-9,12-13,21H,10-11H2,(H,20,22). The fourth-order valence-corrected chi connectivity index (χ4v) is 2.47. The van der Waals surface area contributed by atoms with Crippen LogP contribution < -0.4 is 5.32 Å². The van der Waals surface area contributed by atoms with Crippen molar-refractivity contribution in [3.8, 4) is 5.75 Å². The molecule has 110 valence electrons. The van der Waals surface area contributed by atoms with E-state index in [0.29, 0.717) is 12.1 Å². The SMILES string of the molecule is O=C(NCCc1ccccc1)c1cc2ccccc2cc1O. The average molecular weight is 291 g/mol. The van der Waals surface area contributed by atoms with Crippen LogP contribution >= 0.6 is 0 Å². The van der Waals surface area contributed by atoms with Gasteiger partial charge in [-0.1, -0.05) is 54.6 Å². The number of benzene rings is 3. The average Bonchev–Trinajstić information content (AvgIpc) is 2.55. The van der Waals surface area contributed by atoms with E-state index in [1.54, 1.807) is 12.1 Å². The van der Waals surface area contributed by atoms with Gasteiger partial charge in [-0.3, -0.25) is 4.79 Å². The largest absolute Gasteiger partial charge is 0.507 e. The van der Waals surface area contributed by atoms with Crippen molar-refractivity contribution >= 4 is 16.7 Å². The molecule has 22 heavy (non-hydrogen) atoms. The van der Waals surface area contributed by atoms with Crippen LogP contribution in [0.25, 0.3) is 10.8 Å². The summed E-state index contributed by atoms with van der Waals surface area (Å²) < 4.78 is 0. The van der Waals surface area contributed by atoms with Crippen molar-refractivity contribution in [1.82, 2.24) is 5.32 Å². The van der Waals surface area contributed by atoms with Gasteiger partial charge in [0.25, 0.3) is 5.91 Å². The minimum atomic E-state index is -0.251. The molecule has 0 aliphatic heterocycles. The third-order valence-electron chi connectivity index (χ3n) is 3.65. The van der Waals surface area contributed by atoms with Crippen LogP contribution in [0.4, 0.5) is 0 Å². The smallest absolute Gasteiger partial charge is 0.255 e. The van der Waals surface area contributed by atoms with Gasteiger partial charge in [-0.2, -0.15) is 0 Å². The molecule has 1 amide bonds. The van der Waals surface area contributed by atoms with Crippen molar-refractivity contribution in [1.29, 1.82) is 0 Å². The van der Waals surface area contributed by atoms with Gasteiger partial charge in [0.1, 0.15) is 5.75 Å². The van der Waals surface area contributed by atoms with Crippen molar-refractivity contribution in [3.63, 3.8) is 0 Å². The molecule has 0 radical (unpaired) electrons. The molecule has 0 atom stereocenters. The number of phenolic OH excluding ortho intramolecular Hbond substituents is 1. The Hall–Kier alpha value is -2.81. The second-order valence-electron chi connectivity index (χ2n) is 5.21. The number of nitrogens with one attached hydrogen (secondary N) is 1. The predicted molar refractivity (Wildman–Crippen MR) is 88.1 cm³/mol. The number of carbonyl (C=O) groups is 1. The molecular formula is C19H17NO2. The van der Waals surface area contributed by atoms with Crippen LogP contribution in [0, 0.1) is 0 Å². The Kier molecular flexibility index (Phi) is 4.05. The number of hydrogen-bond donors (Lipinski definition) is 2. The number of phenols is 1. The monoisotopic (exact) mass is 291 g/mol. The molecule has 0 unspecified atom stereocenters. The highest BCUT2D eigenvalue weighted by atomic mass is 16.3. The second kappa shape index (κ2) is 6.31. The first kappa shape index (κ1) is 14.1. The third kappa shape index (κ3) is 3.09. The van der Waals surface area contributed by atoms with E-state index in [4.69, 9.17) is 0 Å². The van der Waals surface area contributed by atoms with Crippen LogP contribution in [-0.2, 0) is 6.42 Å². The fourth-order valence-electron chi connectivity index (χ4n) is 2.47. The Labute approximate surface area is 129 Å². The van der Waals surface area contributed by atoms with E-state index in [2.05, 4.69) is 5.32 Å². The van der Waals surface area contributed by atoms with Gasteiger partial charge in [-0.15, -0.1) is 0 Å². The maximum atomic E-state index is 12.2. The first-order valence-corrected chi connectivity index (χ1v) is 7.28. The number of hydrogen-bond acceptors (Lipinski definition) is 2. The minimum Gasteiger partial charge on any atom is -0.507 e. The van der Waals surface area contributed by atoms with Gasteiger partial charge in [0.15, 0.2) is 0 Å². The highest BCUT2D eigenvalue weighted by Gasteiger charge is 2.11. The van der Waals surface area contributed by atoms with Crippen LogP contribution in [0.1, 0.15) is 15.9 Å². The van der Waals surface area contributed by atoms with Gasteiger partial charge in [0.2, 0.25) is 0 Å². The van der Waals surface area contributed by atoms with Gasteiger partial charge in [-0.05, 0) is 34.9 Å². The summed E-state index contributed by atoms with van der Waals surface area (Å²) in [5, 5.41) is 14.7. The third-order valence-corrected chi connectivity index (χ3v) is 3.65. The van der Waals surface area contributed by atoms with E-state index in [-0.39, 0.29) is 11.7 Å². The van der Waals surface area contributed by atoms with Gasteiger partial charge in [-0.25, -0.2) is 0 Å². The van der Waals surface area contributed by atoms with Crippen LogP contribution in [0.15, 0.2) is 66.7 Å². The summed E-state index contributed by atoms with van der Waals surface area (Å²) in [5.41, 5.74) is 1.48. The molecule has 3 nitrogen and oxygen atoms in total. The summed E-state index contributed by atoms with van der Waals surface area (Å²) in [6.07, 6.45) is 0.765. The molecule has 0 fully saturated rings. The number of amides is 1. The van der Waals surface area contributed by atoms with E-state index in [0.717, 1.165) is 17.2 Å². The number of aromatic hydroxyl groups is 1. The van der Waals surface area contributed by atoms with Crippen molar-refractivity contribution in [2.75, 3.05) is 6.54 Å². The molecule has 0 aromatic heterocycles. The summed E-state index contributed by atoms with van der Waals surface area (Å²) in [4.78, 5) is 12.2. The molecule has 0 heterocycles. The number of rotatable bonds is 4. The van der Waals surface area contributed by atoms with E-state index < -0.39 is 0 Å². The van der Waals surface area contributed by atoms with Crippen molar-refractivity contribution in [2.45, 2.75) is 6.42 Å². The summed E-state index contributed by atoms with van der Waals surface area (Å²) in [6.45, 7) is 0.537. The first-order valence-electron chi connectivity index (χ1n) is 7.28. The molecule has 2 N–H and O–H groups in total. The number of carbonyl (C=O) groups excluding carboxylic acids is 1. The molecule has 3 rings (SSSR count). The second-order valence-corrected chi connectivity index (χ2v) is 5.21.